The fourth-order valence-electron chi connectivity index (χ4n) is 4.08. The Morgan fingerprint density at radius 3 is 2.21 bits per heavy atom. The second kappa shape index (κ2) is 12.1. The molecule has 1 aromatic carbocycles. The van der Waals surface area contributed by atoms with Gasteiger partial charge in [-0.25, -0.2) is 9.97 Å². The molecule has 1 aliphatic rings. The van der Waals surface area contributed by atoms with E-state index in [0.717, 1.165) is 0 Å². The predicted molar refractivity (Wildman–Crippen MR) is 140 cm³/mol. The van der Waals surface area contributed by atoms with E-state index in [2.05, 4.69) is 20.6 Å². The van der Waals surface area contributed by atoms with Crippen molar-refractivity contribution in [2.45, 2.75) is 64.5 Å². The lowest BCUT2D eigenvalue weighted by Crippen LogP contribution is -2.48. The molecule has 11 heteroatoms. The number of aromatic hydroxyl groups is 1. The second-order valence-electron chi connectivity index (χ2n) is 10.0. The van der Waals surface area contributed by atoms with Crippen molar-refractivity contribution in [1.82, 2.24) is 25.5 Å². The van der Waals surface area contributed by atoms with Gasteiger partial charge in [-0.15, -0.1) is 0 Å². The third-order valence-electron chi connectivity index (χ3n) is 6.71. The molecular weight excluding hydrogens is 490 g/mol. The highest BCUT2D eigenvalue weighted by molar-refractivity contribution is 6.13. The van der Waals surface area contributed by atoms with Crippen LogP contribution in [0.15, 0.2) is 36.4 Å². The van der Waals surface area contributed by atoms with Crippen molar-refractivity contribution in [2.24, 2.45) is 0 Å². The van der Waals surface area contributed by atoms with Crippen LogP contribution in [0.5, 0.6) is 5.88 Å². The van der Waals surface area contributed by atoms with Gasteiger partial charge in [0.15, 0.2) is 5.69 Å². The van der Waals surface area contributed by atoms with Crippen molar-refractivity contribution in [3.8, 4) is 5.88 Å². The molecule has 1 aromatic heterocycles. The zero-order valence-electron chi connectivity index (χ0n) is 22.2. The van der Waals surface area contributed by atoms with Gasteiger partial charge in [0.2, 0.25) is 11.8 Å². The predicted octanol–water partition coefficient (Wildman–Crippen LogP) is 2.24. The zero-order chi connectivity index (χ0) is 27.9. The molecular formula is C27H35N5O6. The largest absolute Gasteiger partial charge is 0.492 e. The minimum absolute atomic E-state index is 0.151. The smallest absolute Gasteiger partial charge is 0.275 e. The molecule has 38 heavy (non-hydrogen) atoms. The summed E-state index contributed by atoms with van der Waals surface area (Å²) in [5.41, 5.74) is -0.448. The van der Waals surface area contributed by atoms with Crippen LogP contribution in [-0.2, 0) is 19.1 Å². The molecule has 4 amide bonds. The van der Waals surface area contributed by atoms with E-state index in [1.165, 1.54) is 17.1 Å². The quantitative estimate of drug-likeness (QED) is 0.266. The van der Waals surface area contributed by atoms with E-state index in [1.54, 1.807) is 24.3 Å². The topological polar surface area (TPSA) is 151 Å². The van der Waals surface area contributed by atoms with E-state index in [9.17, 15) is 24.3 Å². The maximum atomic E-state index is 12.4. The first-order chi connectivity index (χ1) is 18.0. The van der Waals surface area contributed by atoms with Crippen LogP contribution in [0.3, 0.4) is 0 Å². The first kappa shape index (κ1) is 28.7. The highest BCUT2D eigenvalue weighted by atomic mass is 16.5. The number of benzene rings is 1. The molecule has 1 aliphatic heterocycles. The number of nitrogens with one attached hydrogen (secondary N) is 2. The van der Waals surface area contributed by atoms with Crippen molar-refractivity contribution in [3.63, 3.8) is 0 Å². The highest BCUT2D eigenvalue weighted by Crippen LogP contribution is 2.27. The van der Waals surface area contributed by atoms with Crippen molar-refractivity contribution < 1.29 is 29.0 Å². The lowest BCUT2D eigenvalue weighted by Gasteiger charge is -2.36. The van der Waals surface area contributed by atoms with Crippen molar-refractivity contribution >= 4 is 34.7 Å². The Morgan fingerprint density at radius 2 is 1.58 bits per heavy atom. The summed E-state index contributed by atoms with van der Waals surface area (Å²) in [6, 6.07) is 6.90. The van der Waals surface area contributed by atoms with Gasteiger partial charge >= 0.3 is 0 Å². The molecule has 2 heterocycles. The zero-order valence-corrected chi connectivity index (χ0v) is 22.2. The summed E-state index contributed by atoms with van der Waals surface area (Å²) in [5.74, 6) is -1.88. The van der Waals surface area contributed by atoms with Gasteiger partial charge in [0.25, 0.3) is 17.7 Å². The molecule has 0 radical (unpaired) electrons. The van der Waals surface area contributed by atoms with Crippen LogP contribution < -0.4 is 10.6 Å². The monoisotopic (exact) mass is 525 g/mol. The standard InChI is InChI=1S/C27H35N5O6/c1-5-27(4,38-17-14-26(2,3)32-21(34)10-11-22(32)35)13-12-20(33)28-15-16-29-24(36)23-25(37)31-19-9-7-6-8-18(19)30-23/h6-11H,5,12-17H2,1-4H3,(H,28,33)(H,29,36)(H,31,37). The molecule has 204 valence electrons. The number of carbonyl (C=O) groups excluding carboxylic acids is 4. The number of fused-ring (bicyclic) bond motifs is 1. The van der Waals surface area contributed by atoms with Crippen LogP contribution >= 0.6 is 0 Å². The Bertz CT molecular complexity index is 1230. The SMILES string of the molecule is CCC(C)(CCC(=O)NCCNC(=O)c1nc2ccccc2nc1O)OCCC(C)(C)N1C(=O)C=CC1=O. The van der Waals surface area contributed by atoms with E-state index >= 15 is 0 Å². The van der Waals surface area contributed by atoms with Gasteiger partial charge in [-0.3, -0.25) is 24.1 Å². The third-order valence-corrected chi connectivity index (χ3v) is 6.71. The molecule has 0 aliphatic carbocycles. The van der Waals surface area contributed by atoms with Crippen molar-refractivity contribution in [3.05, 3.63) is 42.1 Å². The van der Waals surface area contributed by atoms with Gasteiger partial charge in [-0.1, -0.05) is 19.1 Å². The number of carbonyl (C=O) groups is 4. The average molecular weight is 526 g/mol. The summed E-state index contributed by atoms with van der Waals surface area (Å²) in [6.45, 7) is 8.23. The maximum Gasteiger partial charge on any atom is 0.275 e. The molecule has 0 saturated heterocycles. The van der Waals surface area contributed by atoms with Gasteiger partial charge in [-0.05, 0) is 52.2 Å². The Labute approximate surface area is 221 Å². The lowest BCUT2D eigenvalue weighted by atomic mass is 9.95. The Balaban J connectivity index is 1.39. The van der Waals surface area contributed by atoms with Gasteiger partial charge in [0.05, 0.1) is 16.6 Å². The summed E-state index contributed by atoms with van der Waals surface area (Å²) in [5, 5.41) is 15.4. The molecule has 11 nitrogen and oxygen atoms in total. The number of para-hydroxylation sites is 2. The highest BCUT2D eigenvalue weighted by Gasteiger charge is 2.37. The van der Waals surface area contributed by atoms with Gasteiger partial charge in [0.1, 0.15) is 0 Å². The number of amides is 4. The molecule has 1 unspecified atom stereocenters. The van der Waals surface area contributed by atoms with Crippen LogP contribution in [0.4, 0.5) is 0 Å². The summed E-state index contributed by atoms with van der Waals surface area (Å²) in [7, 11) is 0. The molecule has 3 rings (SSSR count). The maximum absolute atomic E-state index is 12.4. The van der Waals surface area contributed by atoms with Gasteiger partial charge < -0.3 is 20.5 Å². The van der Waals surface area contributed by atoms with E-state index in [-0.39, 0.29) is 42.9 Å². The number of hydrogen-bond donors (Lipinski definition) is 3. The molecule has 0 fully saturated rings. The number of ether oxygens (including phenoxy) is 1. The first-order valence-corrected chi connectivity index (χ1v) is 12.7. The number of hydrogen-bond acceptors (Lipinski definition) is 8. The third kappa shape index (κ3) is 7.12. The minimum Gasteiger partial charge on any atom is -0.492 e. The van der Waals surface area contributed by atoms with E-state index in [0.29, 0.717) is 36.9 Å². The van der Waals surface area contributed by atoms with Crippen LogP contribution in [0.2, 0.25) is 0 Å². The normalized spacial score (nSPS) is 15.1. The fraction of sp³-hybridized carbons (Fsp3) is 0.481. The van der Waals surface area contributed by atoms with Crippen molar-refractivity contribution in [2.75, 3.05) is 19.7 Å². The Kier molecular flexibility index (Phi) is 9.16. The summed E-state index contributed by atoms with van der Waals surface area (Å²) >= 11 is 0. The average Bonchev–Trinajstić information content (AvgIpc) is 3.23. The second-order valence-corrected chi connectivity index (χ2v) is 10.0. The van der Waals surface area contributed by atoms with E-state index in [1.807, 2.05) is 27.7 Å². The lowest BCUT2D eigenvalue weighted by molar-refractivity contribution is -0.144. The molecule has 3 N–H and O–H groups in total. The molecule has 0 saturated carbocycles. The molecule has 0 bridgehead atoms. The number of aromatic nitrogens is 2. The van der Waals surface area contributed by atoms with Gasteiger partial charge in [-0.2, -0.15) is 0 Å². The summed E-state index contributed by atoms with van der Waals surface area (Å²) < 4.78 is 6.10. The van der Waals surface area contributed by atoms with E-state index < -0.39 is 22.9 Å². The Morgan fingerprint density at radius 1 is 0.974 bits per heavy atom. The van der Waals surface area contributed by atoms with Crippen LogP contribution in [0, 0.1) is 0 Å². The first-order valence-electron chi connectivity index (χ1n) is 12.7. The van der Waals surface area contributed by atoms with Crippen LogP contribution in [-0.4, -0.2) is 74.4 Å². The van der Waals surface area contributed by atoms with Crippen LogP contribution in [0.1, 0.15) is 63.9 Å². The molecule has 1 atom stereocenters. The summed E-state index contributed by atoms with van der Waals surface area (Å²) in [6.07, 6.45) is 4.39. The fourth-order valence-corrected chi connectivity index (χ4v) is 4.08. The number of nitrogens with zero attached hydrogens (tertiary/aromatic N) is 3. The Hall–Kier alpha value is -3.86. The number of imide groups is 1. The van der Waals surface area contributed by atoms with Crippen molar-refractivity contribution in [1.29, 1.82) is 0 Å². The number of rotatable bonds is 13. The minimum atomic E-state index is -0.691. The van der Waals surface area contributed by atoms with Crippen LogP contribution in [0.25, 0.3) is 11.0 Å². The van der Waals surface area contributed by atoms with Gasteiger partial charge in [0, 0.05) is 43.8 Å². The molecule has 0 spiro atoms. The summed E-state index contributed by atoms with van der Waals surface area (Å²) in [4.78, 5) is 58.1. The molecule has 2 aromatic rings. The van der Waals surface area contributed by atoms with E-state index in [4.69, 9.17) is 4.74 Å².